The number of rotatable bonds is 4. The minimum atomic E-state index is 0.140. The molecule has 0 amide bonds. The zero-order valence-electron chi connectivity index (χ0n) is 15.0. The smallest absolute Gasteiger partial charge is 0.153 e. The number of amidine groups is 1. The van der Waals surface area contributed by atoms with Crippen LogP contribution in [0, 0.1) is 17.8 Å². The molecule has 132 valence electrons. The minimum Gasteiger partial charge on any atom is -0.497 e. The van der Waals surface area contributed by atoms with E-state index in [-0.39, 0.29) is 5.84 Å². The van der Waals surface area contributed by atoms with Crippen molar-refractivity contribution in [2.24, 2.45) is 4.99 Å². The van der Waals surface area contributed by atoms with Gasteiger partial charge >= 0.3 is 0 Å². The van der Waals surface area contributed by atoms with Crippen LogP contribution in [-0.4, -0.2) is 18.4 Å². The molecule has 0 fully saturated rings. The largest absolute Gasteiger partial charge is 0.497 e. The Hall–Kier alpha value is -3.21. The van der Waals surface area contributed by atoms with Crippen molar-refractivity contribution in [3.63, 3.8) is 0 Å². The third-order valence-corrected chi connectivity index (χ3v) is 4.60. The summed E-state index contributed by atoms with van der Waals surface area (Å²) in [5, 5.41) is 10.3. The zero-order valence-corrected chi connectivity index (χ0v) is 16.1. The zero-order chi connectivity index (χ0) is 19.4. The lowest BCUT2D eigenvalue weighted by Crippen LogP contribution is -1.97. The van der Waals surface area contributed by atoms with E-state index >= 15 is 0 Å². The summed E-state index contributed by atoms with van der Waals surface area (Å²) < 4.78 is 5.27. The molecular weight excluding hydrogens is 351 g/mol. The number of terminal acetylenes is 1. The lowest BCUT2D eigenvalue weighted by molar-refractivity contribution is 0.371. The molecule has 3 aromatic carbocycles. The monoisotopic (exact) mass is 370 g/mol. The molecule has 4 heteroatoms. The molecule has 0 heterocycles. The maximum absolute atomic E-state index is 8.05. The van der Waals surface area contributed by atoms with E-state index in [9.17, 15) is 0 Å². The Kier molecular flexibility index (Phi) is 5.50. The molecule has 0 aromatic heterocycles. The second-order valence-corrected chi connectivity index (χ2v) is 6.48. The Morgan fingerprint density at radius 3 is 2.48 bits per heavy atom. The first-order chi connectivity index (χ1) is 13.0. The number of hydrogen-bond donors (Lipinski definition) is 1. The first kappa shape index (κ1) is 18.6. The van der Waals surface area contributed by atoms with Gasteiger partial charge in [0.25, 0.3) is 0 Å². The standard InChI is InChI=1S/C23H19N2OP/c1-4-22(27)25-23(24)18-11-8-17(9-12-18)20-7-5-6-16-10-13-19(14-21(16)20)15(2)26-3/h1,5-14,24H,2,27H2,3H3/b24-23?,25-22-. The van der Waals surface area contributed by atoms with Crippen LogP contribution in [0.1, 0.15) is 11.1 Å². The average molecular weight is 370 g/mol. The molecule has 1 unspecified atom stereocenters. The van der Waals surface area contributed by atoms with E-state index in [0.29, 0.717) is 16.8 Å². The Morgan fingerprint density at radius 2 is 1.81 bits per heavy atom. The molecule has 1 N–H and O–H groups in total. The van der Waals surface area contributed by atoms with Gasteiger partial charge < -0.3 is 4.74 Å². The maximum Gasteiger partial charge on any atom is 0.153 e. The number of methoxy groups -OCH3 is 1. The van der Waals surface area contributed by atoms with Gasteiger partial charge in [0.05, 0.1) is 7.11 Å². The number of nitrogens with one attached hydrogen (secondary N) is 1. The Morgan fingerprint density at radius 1 is 1.11 bits per heavy atom. The normalized spacial score (nSPS) is 11.1. The van der Waals surface area contributed by atoms with Crippen LogP contribution in [0.4, 0.5) is 0 Å². The van der Waals surface area contributed by atoms with Crippen molar-refractivity contribution < 1.29 is 4.74 Å². The van der Waals surface area contributed by atoms with Crippen molar-refractivity contribution in [3.8, 4) is 23.5 Å². The molecule has 0 aliphatic rings. The third kappa shape index (κ3) is 3.97. The predicted molar refractivity (Wildman–Crippen MR) is 118 cm³/mol. The maximum atomic E-state index is 8.05. The number of benzene rings is 3. The average Bonchev–Trinajstić information content (AvgIpc) is 2.72. The van der Waals surface area contributed by atoms with Gasteiger partial charge in [0.1, 0.15) is 11.2 Å². The fraction of sp³-hybridized carbons (Fsp3) is 0.0435. The van der Waals surface area contributed by atoms with E-state index in [1.165, 1.54) is 0 Å². The Labute approximate surface area is 161 Å². The van der Waals surface area contributed by atoms with Crippen LogP contribution in [0.15, 0.2) is 72.2 Å². The van der Waals surface area contributed by atoms with Gasteiger partial charge in [-0.25, -0.2) is 4.99 Å². The van der Waals surface area contributed by atoms with Crippen LogP contribution in [0.3, 0.4) is 0 Å². The third-order valence-electron chi connectivity index (χ3n) is 4.30. The van der Waals surface area contributed by atoms with Crippen molar-refractivity contribution >= 4 is 37.1 Å². The highest BCUT2D eigenvalue weighted by atomic mass is 31.0. The van der Waals surface area contributed by atoms with E-state index < -0.39 is 0 Å². The number of aliphatic imine (C=N–C) groups is 1. The molecule has 0 radical (unpaired) electrons. The van der Waals surface area contributed by atoms with Crippen LogP contribution in [0.2, 0.25) is 0 Å². The number of ether oxygens (including phenoxy) is 1. The van der Waals surface area contributed by atoms with E-state index in [1.807, 2.05) is 36.4 Å². The molecule has 3 aromatic rings. The van der Waals surface area contributed by atoms with E-state index in [4.69, 9.17) is 16.6 Å². The van der Waals surface area contributed by atoms with Gasteiger partial charge in [-0.15, -0.1) is 6.42 Å². The lowest BCUT2D eigenvalue weighted by atomic mass is 9.96. The summed E-state index contributed by atoms with van der Waals surface area (Å²) in [4.78, 5) is 4.06. The molecule has 27 heavy (non-hydrogen) atoms. The summed E-state index contributed by atoms with van der Waals surface area (Å²) in [7, 11) is 3.96. The summed E-state index contributed by atoms with van der Waals surface area (Å²) in [6.07, 6.45) is 5.28. The predicted octanol–water partition coefficient (Wildman–Crippen LogP) is 5.36. The van der Waals surface area contributed by atoms with Gasteiger partial charge in [-0.1, -0.05) is 76.3 Å². The molecule has 0 bridgehead atoms. The van der Waals surface area contributed by atoms with Gasteiger partial charge in [-0.05, 0) is 28.0 Å². The summed E-state index contributed by atoms with van der Waals surface area (Å²) >= 11 is 0. The molecule has 3 rings (SSSR count). The number of hydrogen-bond acceptors (Lipinski definition) is 2. The number of fused-ring (bicyclic) bond motifs is 1. The van der Waals surface area contributed by atoms with Gasteiger partial charge in [0, 0.05) is 11.1 Å². The van der Waals surface area contributed by atoms with Crippen LogP contribution in [-0.2, 0) is 4.74 Å². The first-order valence-electron chi connectivity index (χ1n) is 8.29. The molecule has 0 spiro atoms. The van der Waals surface area contributed by atoms with Gasteiger partial charge in [0.15, 0.2) is 5.84 Å². The highest BCUT2D eigenvalue weighted by Crippen LogP contribution is 2.31. The van der Waals surface area contributed by atoms with Crippen LogP contribution in [0.25, 0.3) is 27.7 Å². The molecular formula is C23H19N2OP. The summed E-state index contributed by atoms with van der Waals surface area (Å²) in [5.41, 5.74) is 4.23. The summed E-state index contributed by atoms with van der Waals surface area (Å²) in [6.45, 7) is 3.94. The van der Waals surface area contributed by atoms with Crippen molar-refractivity contribution in [1.29, 1.82) is 5.41 Å². The fourth-order valence-electron chi connectivity index (χ4n) is 2.84. The second-order valence-electron chi connectivity index (χ2n) is 5.94. The van der Waals surface area contributed by atoms with E-state index in [2.05, 4.69) is 51.0 Å². The molecule has 0 aliphatic heterocycles. The first-order valence-corrected chi connectivity index (χ1v) is 8.87. The molecule has 0 saturated carbocycles. The van der Waals surface area contributed by atoms with Crippen molar-refractivity contribution in [3.05, 3.63) is 78.4 Å². The molecule has 3 nitrogen and oxygen atoms in total. The van der Waals surface area contributed by atoms with Crippen molar-refractivity contribution in [2.45, 2.75) is 0 Å². The second kappa shape index (κ2) is 7.99. The molecule has 1 atom stereocenters. The van der Waals surface area contributed by atoms with Gasteiger partial charge in [-0.2, -0.15) is 0 Å². The van der Waals surface area contributed by atoms with Gasteiger partial charge in [-0.3, -0.25) is 5.41 Å². The summed E-state index contributed by atoms with van der Waals surface area (Å²) in [6, 6.07) is 20.1. The highest BCUT2D eigenvalue weighted by molar-refractivity contribution is 7.42. The van der Waals surface area contributed by atoms with Crippen LogP contribution in [0.5, 0.6) is 0 Å². The number of nitrogens with zero attached hydrogens (tertiary/aromatic N) is 1. The van der Waals surface area contributed by atoms with Gasteiger partial charge in [0.2, 0.25) is 0 Å². The van der Waals surface area contributed by atoms with E-state index in [1.54, 1.807) is 7.11 Å². The van der Waals surface area contributed by atoms with Crippen molar-refractivity contribution in [1.82, 2.24) is 0 Å². The van der Waals surface area contributed by atoms with Crippen LogP contribution < -0.4 is 0 Å². The Bertz CT molecular complexity index is 1110. The lowest BCUT2D eigenvalue weighted by Gasteiger charge is -2.11. The molecule has 0 saturated heterocycles. The summed E-state index contributed by atoms with van der Waals surface area (Å²) in [5.74, 6) is 3.17. The highest BCUT2D eigenvalue weighted by Gasteiger charge is 2.08. The SMILES string of the molecule is C#C/C(P)=N/C(=N)c1ccc(-c2cccc3ccc(C(=C)OC)cc23)cc1. The van der Waals surface area contributed by atoms with E-state index in [0.717, 1.165) is 27.5 Å². The molecule has 0 aliphatic carbocycles. The topological polar surface area (TPSA) is 45.4 Å². The Balaban J connectivity index is 2.04. The van der Waals surface area contributed by atoms with Crippen molar-refractivity contribution in [2.75, 3.05) is 7.11 Å². The minimum absolute atomic E-state index is 0.140. The van der Waals surface area contributed by atoms with Crippen LogP contribution >= 0.6 is 9.24 Å². The quantitative estimate of drug-likeness (QED) is 0.217. The fourth-order valence-corrected chi connectivity index (χ4v) is 2.97.